The highest BCUT2D eigenvalue weighted by Crippen LogP contribution is 2.22. The first kappa shape index (κ1) is 11.9. The smallest absolute Gasteiger partial charge is 0.0951 e. The molecule has 3 nitrogen and oxygen atoms in total. The molecule has 0 aliphatic carbocycles. The summed E-state index contributed by atoms with van der Waals surface area (Å²) >= 11 is 0. The van der Waals surface area contributed by atoms with Crippen LogP contribution in [0.3, 0.4) is 0 Å². The second-order valence-corrected chi connectivity index (χ2v) is 4.14. The first-order valence-corrected chi connectivity index (χ1v) is 6.09. The van der Waals surface area contributed by atoms with Gasteiger partial charge in [0.05, 0.1) is 18.2 Å². The molecule has 1 heterocycles. The fourth-order valence-electron chi connectivity index (χ4n) is 1.96. The normalized spacial score (nSPS) is 10.7. The van der Waals surface area contributed by atoms with E-state index in [-0.39, 0.29) is 0 Å². The molecule has 0 aliphatic heterocycles. The number of imidazole rings is 1. The molecular weight excluding hydrogens is 210 g/mol. The van der Waals surface area contributed by atoms with E-state index in [1.807, 2.05) is 12.5 Å². The highest BCUT2D eigenvalue weighted by Gasteiger charge is 2.06. The largest absolute Gasteiger partial charge is 0.329 e. The molecule has 17 heavy (non-hydrogen) atoms. The molecule has 1 aromatic heterocycles. The van der Waals surface area contributed by atoms with E-state index >= 15 is 0 Å². The molecule has 0 radical (unpaired) electrons. The van der Waals surface area contributed by atoms with E-state index in [0.717, 1.165) is 19.6 Å². The van der Waals surface area contributed by atoms with Gasteiger partial charge in [0.25, 0.3) is 0 Å². The fourth-order valence-corrected chi connectivity index (χ4v) is 1.96. The summed E-state index contributed by atoms with van der Waals surface area (Å²) in [4.78, 5) is 4.25. The number of aryl methyl sites for hydroxylation is 1. The fraction of sp³-hybridized carbons (Fsp3) is 0.357. The number of nitrogens with one attached hydrogen (secondary N) is 1. The summed E-state index contributed by atoms with van der Waals surface area (Å²) in [6.45, 7) is 7.20. The van der Waals surface area contributed by atoms with E-state index < -0.39 is 0 Å². The molecule has 90 valence electrons. The molecule has 2 rings (SSSR count). The number of likely N-dealkylation sites (N-methyl/N-ethyl adjacent to an activating group) is 1. The highest BCUT2D eigenvalue weighted by molar-refractivity contribution is 5.63. The average molecular weight is 229 g/mol. The minimum Gasteiger partial charge on any atom is -0.329 e. The Morgan fingerprint density at radius 3 is 2.88 bits per heavy atom. The summed E-state index contributed by atoms with van der Waals surface area (Å²) in [5.41, 5.74) is 3.75. The second-order valence-electron chi connectivity index (χ2n) is 4.14. The van der Waals surface area contributed by atoms with Crippen LogP contribution in [-0.4, -0.2) is 22.6 Å². The Bertz CT molecular complexity index is 474. The van der Waals surface area contributed by atoms with Crippen molar-refractivity contribution in [3.05, 3.63) is 42.4 Å². The molecule has 3 heteroatoms. The maximum absolute atomic E-state index is 4.25. The van der Waals surface area contributed by atoms with Crippen molar-refractivity contribution < 1.29 is 0 Å². The quantitative estimate of drug-likeness (QED) is 0.798. The zero-order valence-corrected chi connectivity index (χ0v) is 10.5. The van der Waals surface area contributed by atoms with Crippen molar-refractivity contribution in [2.45, 2.75) is 20.4 Å². The number of hydrogen-bond acceptors (Lipinski definition) is 2. The predicted octanol–water partition coefficient (Wildman–Crippen LogP) is 2.47. The Balaban J connectivity index is 2.22. The summed E-state index contributed by atoms with van der Waals surface area (Å²) in [7, 11) is 0. The second kappa shape index (κ2) is 5.64. The zero-order valence-electron chi connectivity index (χ0n) is 10.5. The maximum Gasteiger partial charge on any atom is 0.0951 e. The molecule has 1 aromatic carbocycles. The summed E-state index contributed by atoms with van der Waals surface area (Å²) in [6, 6.07) is 8.43. The van der Waals surface area contributed by atoms with E-state index in [1.165, 1.54) is 16.8 Å². The Labute approximate surface area is 103 Å². The molecule has 0 fully saturated rings. The summed E-state index contributed by atoms with van der Waals surface area (Å²) in [5, 5.41) is 3.33. The van der Waals surface area contributed by atoms with Crippen LogP contribution in [0, 0.1) is 6.92 Å². The highest BCUT2D eigenvalue weighted by atomic mass is 15.1. The third-order valence-corrected chi connectivity index (χ3v) is 2.91. The number of rotatable bonds is 5. The molecule has 0 spiro atoms. The summed E-state index contributed by atoms with van der Waals surface area (Å²) in [5.74, 6) is 0. The van der Waals surface area contributed by atoms with Crippen molar-refractivity contribution in [2.75, 3.05) is 13.1 Å². The lowest BCUT2D eigenvalue weighted by molar-refractivity contribution is 0.616. The number of aromatic nitrogens is 2. The van der Waals surface area contributed by atoms with Gasteiger partial charge < -0.3 is 9.88 Å². The first-order chi connectivity index (χ1) is 8.33. The van der Waals surface area contributed by atoms with Crippen LogP contribution in [0.15, 0.2) is 36.8 Å². The molecule has 0 unspecified atom stereocenters. The van der Waals surface area contributed by atoms with Crippen molar-refractivity contribution in [3.63, 3.8) is 0 Å². The van der Waals surface area contributed by atoms with Gasteiger partial charge in [0.15, 0.2) is 0 Å². The van der Waals surface area contributed by atoms with Crippen LogP contribution in [0.5, 0.6) is 0 Å². The molecule has 0 atom stereocenters. The van der Waals surface area contributed by atoms with Crippen LogP contribution in [0.1, 0.15) is 12.5 Å². The minimum atomic E-state index is 0.956. The molecule has 0 saturated heterocycles. The number of benzene rings is 1. The standard InChI is InChI=1S/C14H19N3/c1-3-15-8-9-17-11-16-10-14(17)13-7-5-4-6-12(13)2/h4-7,10-11,15H,3,8-9H2,1-2H3. The third-order valence-electron chi connectivity index (χ3n) is 2.91. The molecule has 0 amide bonds. The van der Waals surface area contributed by atoms with Gasteiger partial charge in [-0.2, -0.15) is 0 Å². The Morgan fingerprint density at radius 1 is 1.29 bits per heavy atom. The van der Waals surface area contributed by atoms with Gasteiger partial charge in [-0.1, -0.05) is 31.2 Å². The van der Waals surface area contributed by atoms with E-state index in [1.54, 1.807) is 0 Å². The Kier molecular flexibility index (Phi) is 3.94. The van der Waals surface area contributed by atoms with Gasteiger partial charge in [0, 0.05) is 18.7 Å². The lowest BCUT2D eigenvalue weighted by Gasteiger charge is -2.10. The monoisotopic (exact) mass is 229 g/mol. The van der Waals surface area contributed by atoms with Crippen LogP contribution in [-0.2, 0) is 6.54 Å². The molecule has 2 aromatic rings. The zero-order chi connectivity index (χ0) is 12.1. The first-order valence-electron chi connectivity index (χ1n) is 6.09. The molecule has 0 bridgehead atoms. The van der Waals surface area contributed by atoms with Crippen molar-refractivity contribution in [3.8, 4) is 11.3 Å². The molecule has 0 saturated carbocycles. The van der Waals surface area contributed by atoms with Gasteiger partial charge in [0.2, 0.25) is 0 Å². The number of nitrogens with zero attached hydrogens (tertiary/aromatic N) is 2. The van der Waals surface area contributed by atoms with Crippen molar-refractivity contribution >= 4 is 0 Å². The third kappa shape index (κ3) is 2.74. The van der Waals surface area contributed by atoms with Gasteiger partial charge in [-0.15, -0.1) is 0 Å². The van der Waals surface area contributed by atoms with E-state index in [2.05, 4.69) is 53.0 Å². The maximum atomic E-state index is 4.25. The van der Waals surface area contributed by atoms with E-state index in [9.17, 15) is 0 Å². The average Bonchev–Trinajstić information content (AvgIpc) is 2.78. The molecular formula is C14H19N3. The Hall–Kier alpha value is -1.61. The minimum absolute atomic E-state index is 0.956. The lowest BCUT2D eigenvalue weighted by atomic mass is 10.1. The van der Waals surface area contributed by atoms with Gasteiger partial charge in [-0.05, 0) is 19.0 Å². The van der Waals surface area contributed by atoms with Crippen LogP contribution < -0.4 is 5.32 Å². The molecule has 1 N–H and O–H groups in total. The van der Waals surface area contributed by atoms with Crippen LogP contribution >= 0.6 is 0 Å². The molecule has 0 aliphatic rings. The number of hydrogen-bond donors (Lipinski definition) is 1. The van der Waals surface area contributed by atoms with Gasteiger partial charge in [-0.25, -0.2) is 4.98 Å². The summed E-state index contributed by atoms with van der Waals surface area (Å²) < 4.78 is 2.20. The van der Waals surface area contributed by atoms with Crippen LogP contribution in [0.4, 0.5) is 0 Å². The van der Waals surface area contributed by atoms with Crippen molar-refractivity contribution in [2.24, 2.45) is 0 Å². The van der Waals surface area contributed by atoms with Crippen molar-refractivity contribution in [1.82, 2.24) is 14.9 Å². The SMILES string of the molecule is CCNCCn1cncc1-c1ccccc1C. The van der Waals surface area contributed by atoms with Crippen molar-refractivity contribution in [1.29, 1.82) is 0 Å². The van der Waals surface area contributed by atoms with Gasteiger partial charge >= 0.3 is 0 Å². The van der Waals surface area contributed by atoms with Crippen LogP contribution in [0.2, 0.25) is 0 Å². The van der Waals surface area contributed by atoms with E-state index in [0.29, 0.717) is 0 Å². The van der Waals surface area contributed by atoms with E-state index in [4.69, 9.17) is 0 Å². The Morgan fingerprint density at radius 2 is 2.12 bits per heavy atom. The summed E-state index contributed by atoms with van der Waals surface area (Å²) in [6.07, 6.45) is 3.84. The topological polar surface area (TPSA) is 29.9 Å². The van der Waals surface area contributed by atoms with Crippen LogP contribution in [0.25, 0.3) is 11.3 Å². The predicted molar refractivity (Wildman–Crippen MR) is 70.9 cm³/mol. The lowest BCUT2D eigenvalue weighted by Crippen LogP contribution is -2.19. The van der Waals surface area contributed by atoms with Gasteiger partial charge in [0.1, 0.15) is 0 Å². The van der Waals surface area contributed by atoms with Gasteiger partial charge in [-0.3, -0.25) is 0 Å².